The van der Waals surface area contributed by atoms with E-state index in [2.05, 4.69) is 11.9 Å². The Morgan fingerprint density at radius 3 is 2.19 bits per heavy atom. The highest BCUT2D eigenvalue weighted by molar-refractivity contribution is 6.42. The maximum atomic E-state index is 13.3. The van der Waals surface area contributed by atoms with Crippen LogP contribution < -0.4 is 11.1 Å². The highest BCUT2D eigenvalue weighted by Gasteiger charge is 2.40. The molecule has 0 amide bonds. The number of carbonyl (C=O) groups is 4. The Morgan fingerprint density at radius 1 is 1.02 bits per heavy atom. The molecular formula is C28H34Cl2N2O10. The van der Waals surface area contributed by atoms with E-state index in [1.807, 2.05) is 0 Å². The molecule has 0 aromatic heterocycles. The zero-order valence-corrected chi connectivity index (χ0v) is 24.9. The largest absolute Gasteiger partial charge is 0.478 e. The van der Waals surface area contributed by atoms with Crippen molar-refractivity contribution in [3.63, 3.8) is 0 Å². The van der Waals surface area contributed by atoms with Gasteiger partial charge in [-0.2, -0.15) is 0 Å². The third-order valence-electron chi connectivity index (χ3n) is 5.26. The number of halogens is 2. The number of nitrogens with one attached hydrogen (secondary N) is 1. The van der Waals surface area contributed by atoms with Gasteiger partial charge >= 0.3 is 23.9 Å². The van der Waals surface area contributed by atoms with E-state index >= 15 is 0 Å². The van der Waals surface area contributed by atoms with Crippen LogP contribution in [0.15, 0.2) is 65.0 Å². The molecule has 0 unspecified atom stereocenters. The summed E-state index contributed by atoms with van der Waals surface area (Å²) in [6.45, 7) is 8.70. The highest BCUT2D eigenvalue weighted by Crippen LogP contribution is 2.43. The Hall–Kier alpha value is -3.68. The summed E-state index contributed by atoms with van der Waals surface area (Å²) in [7, 11) is 1.27. The summed E-state index contributed by atoms with van der Waals surface area (Å²) in [5, 5.41) is 19.2. The number of rotatable bonds is 14. The van der Waals surface area contributed by atoms with Gasteiger partial charge in [-0.3, -0.25) is 0 Å². The van der Waals surface area contributed by atoms with E-state index in [0.29, 0.717) is 54.4 Å². The summed E-state index contributed by atoms with van der Waals surface area (Å²) >= 11 is 12.8. The number of carboxylic acids is 2. The summed E-state index contributed by atoms with van der Waals surface area (Å²) in [5.74, 6) is -4.68. The van der Waals surface area contributed by atoms with E-state index in [-0.39, 0.29) is 41.0 Å². The van der Waals surface area contributed by atoms with Crippen molar-refractivity contribution in [2.45, 2.75) is 19.8 Å². The number of aliphatic carboxylic acids is 2. The number of carboxylic acid groups (broad SMARTS) is 2. The quantitative estimate of drug-likeness (QED) is 0.102. The van der Waals surface area contributed by atoms with Crippen LogP contribution in [0.4, 0.5) is 0 Å². The molecule has 1 aromatic carbocycles. The second kappa shape index (κ2) is 18.7. The van der Waals surface area contributed by atoms with Crippen molar-refractivity contribution in [1.29, 1.82) is 0 Å². The number of esters is 2. The summed E-state index contributed by atoms with van der Waals surface area (Å²) in [6.07, 6.45) is 1.12. The maximum absolute atomic E-state index is 13.3. The van der Waals surface area contributed by atoms with Crippen LogP contribution in [0.2, 0.25) is 10.0 Å². The van der Waals surface area contributed by atoms with Crippen molar-refractivity contribution in [2.75, 3.05) is 46.7 Å². The molecule has 1 heterocycles. The lowest BCUT2D eigenvalue weighted by atomic mass is 9.80. The molecule has 0 bridgehead atoms. The fraction of sp³-hybridized carbons (Fsp3) is 0.357. The summed E-state index contributed by atoms with van der Waals surface area (Å²) < 4.78 is 21.5. The lowest BCUT2D eigenvalue weighted by Gasteiger charge is -2.32. The molecule has 0 spiro atoms. The standard InChI is InChI=1S/C24H30Cl2N2O6.C4H4O4/c1-14(2)12-34-24(30)21-18(13-33-11-10-32-9-8-27)28-15(3)19(23(29)31-4)20(21)16-6-5-7-17(25)22(16)26;5-3(6)1-2-4(7)8/h5-7,20,28H,1,8-13,27H2,2-4H3;1-2H,(H,5,6)(H,7,8)/b;2-1+/t20-;/m1./s1. The van der Waals surface area contributed by atoms with Gasteiger partial charge in [0.15, 0.2) is 0 Å². The fourth-order valence-electron chi connectivity index (χ4n) is 3.57. The SMILES string of the molecule is C=C(C)COC(=O)C1=C(COCCOCCN)NC(C)=C(C(=O)OC)[C@H]1c1cccc(Cl)c1Cl.O=C(O)/C=C/C(=O)O. The molecule has 1 aromatic rings. The molecule has 42 heavy (non-hydrogen) atoms. The number of nitrogens with two attached hydrogens (primary N) is 1. The molecule has 0 fully saturated rings. The zero-order valence-electron chi connectivity index (χ0n) is 23.4. The van der Waals surface area contributed by atoms with Crippen molar-refractivity contribution in [2.24, 2.45) is 5.73 Å². The van der Waals surface area contributed by atoms with Gasteiger partial charge in [0.1, 0.15) is 6.61 Å². The number of dihydropyridines is 1. The van der Waals surface area contributed by atoms with Gasteiger partial charge in [-0.15, -0.1) is 0 Å². The summed E-state index contributed by atoms with van der Waals surface area (Å²) in [6, 6.07) is 5.01. The number of hydrogen-bond donors (Lipinski definition) is 4. The van der Waals surface area contributed by atoms with Crippen LogP contribution in [-0.4, -0.2) is 80.8 Å². The average molecular weight is 629 g/mol. The van der Waals surface area contributed by atoms with Gasteiger partial charge in [0, 0.05) is 24.4 Å². The molecule has 0 saturated heterocycles. The minimum absolute atomic E-state index is 0.00957. The topological polar surface area (TPSA) is 184 Å². The smallest absolute Gasteiger partial charge is 0.337 e. The number of benzene rings is 1. The van der Waals surface area contributed by atoms with E-state index in [4.69, 9.17) is 58.1 Å². The Morgan fingerprint density at radius 2 is 1.64 bits per heavy atom. The zero-order chi connectivity index (χ0) is 31.8. The van der Waals surface area contributed by atoms with Crippen LogP contribution in [0.1, 0.15) is 25.3 Å². The van der Waals surface area contributed by atoms with Crippen LogP contribution in [-0.2, 0) is 38.1 Å². The molecule has 5 N–H and O–H groups in total. The van der Waals surface area contributed by atoms with Crippen molar-refractivity contribution < 1.29 is 48.3 Å². The second-order valence-corrected chi connectivity index (χ2v) is 9.41. The fourth-order valence-corrected chi connectivity index (χ4v) is 3.99. The van der Waals surface area contributed by atoms with Crippen molar-refractivity contribution in [3.05, 3.63) is 80.7 Å². The lowest BCUT2D eigenvalue weighted by molar-refractivity contribution is -0.139. The van der Waals surface area contributed by atoms with Gasteiger partial charge in [-0.1, -0.05) is 41.9 Å². The van der Waals surface area contributed by atoms with Gasteiger partial charge in [0.2, 0.25) is 0 Å². The second-order valence-electron chi connectivity index (χ2n) is 8.62. The third kappa shape index (κ3) is 11.7. The molecule has 1 aliphatic heterocycles. The molecule has 0 saturated carbocycles. The van der Waals surface area contributed by atoms with E-state index in [0.717, 1.165) is 0 Å². The van der Waals surface area contributed by atoms with Gasteiger partial charge in [0.05, 0.1) is 66.3 Å². The van der Waals surface area contributed by atoms with E-state index in [9.17, 15) is 19.2 Å². The monoisotopic (exact) mass is 628 g/mol. The van der Waals surface area contributed by atoms with E-state index in [1.165, 1.54) is 7.11 Å². The van der Waals surface area contributed by atoms with Crippen LogP contribution in [0, 0.1) is 0 Å². The molecule has 1 atom stereocenters. The minimum atomic E-state index is -1.26. The van der Waals surface area contributed by atoms with Crippen molar-refractivity contribution in [3.8, 4) is 0 Å². The Labute approximate surface area is 253 Å². The van der Waals surface area contributed by atoms with Crippen LogP contribution in [0.3, 0.4) is 0 Å². The van der Waals surface area contributed by atoms with Crippen molar-refractivity contribution in [1.82, 2.24) is 5.32 Å². The first kappa shape index (κ1) is 36.3. The highest BCUT2D eigenvalue weighted by atomic mass is 35.5. The molecule has 230 valence electrons. The molecule has 2 rings (SSSR count). The van der Waals surface area contributed by atoms with Crippen LogP contribution >= 0.6 is 23.2 Å². The number of carbonyl (C=O) groups excluding carboxylic acids is 2. The first-order valence-corrected chi connectivity index (χ1v) is 13.1. The normalized spacial score (nSPS) is 14.6. The van der Waals surface area contributed by atoms with Crippen molar-refractivity contribution >= 4 is 47.1 Å². The number of hydrogen-bond acceptors (Lipinski definition) is 10. The predicted molar refractivity (Wildman–Crippen MR) is 155 cm³/mol. The molecule has 12 nitrogen and oxygen atoms in total. The van der Waals surface area contributed by atoms with Gasteiger partial charge in [-0.25, -0.2) is 19.2 Å². The summed E-state index contributed by atoms with van der Waals surface area (Å²) in [5.41, 5.74) is 7.83. The molecule has 14 heteroatoms. The first-order valence-electron chi connectivity index (χ1n) is 12.4. The van der Waals surface area contributed by atoms with E-state index in [1.54, 1.807) is 32.0 Å². The molecular weight excluding hydrogens is 595 g/mol. The Kier molecular flexibility index (Phi) is 16.2. The Bertz CT molecular complexity index is 1240. The lowest BCUT2D eigenvalue weighted by Crippen LogP contribution is -2.35. The first-order chi connectivity index (χ1) is 19.8. The van der Waals surface area contributed by atoms with Gasteiger partial charge < -0.3 is 40.2 Å². The van der Waals surface area contributed by atoms with Gasteiger partial charge in [0.25, 0.3) is 0 Å². The van der Waals surface area contributed by atoms with Gasteiger partial charge in [-0.05, 0) is 31.1 Å². The molecule has 0 radical (unpaired) electrons. The predicted octanol–water partition coefficient (Wildman–Crippen LogP) is 3.20. The number of allylic oxidation sites excluding steroid dienone is 1. The third-order valence-corrected chi connectivity index (χ3v) is 6.09. The van der Waals surface area contributed by atoms with Crippen LogP contribution in [0.25, 0.3) is 0 Å². The van der Waals surface area contributed by atoms with Crippen LogP contribution in [0.5, 0.6) is 0 Å². The number of methoxy groups -OCH3 is 1. The molecule has 1 aliphatic rings. The summed E-state index contributed by atoms with van der Waals surface area (Å²) in [4.78, 5) is 45.2. The minimum Gasteiger partial charge on any atom is -0.478 e. The maximum Gasteiger partial charge on any atom is 0.337 e. The number of ether oxygens (including phenoxy) is 4. The van der Waals surface area contributed by atoms with E-state index < -0.39 is 29.8 Å². The average Bonchev–Trinajstić information content (AvgIpc) is 2.93. The molecule has 0 aliphatic carbocycles. The Balaban J connectivity index is 0.000000962.